The highest BCUT2D eigenvalue weighted by molar-refractivity contribution is 5.93. The number of aromatic nitrogens is 2. The lowest BCUT2D eigenvalue weighted by Gasteiger charge is -2.09. The number of hydrogen-bond donors (Lipinski definition) is 1. The molecule has 3 rings (SSSR count). The average molecular weight is 299 g/mol. The van der Waals surface area contributed by atoms with Crippen molar-refractivity contribution in [1.82, 2.24) is 14.7 Å². The van der Waals surface area contributed by atoms with Crippen LogP contribution in [0.15, 0.2) is 35.4 Å². The molecule has 2 aromatic heterocycles. The molecular weight excluding hydrogens is 278 g/mol. The second kappa shape index (κ2) is 6.73. The Bertz CT molecular complexity index is 717. The molecule has 0 atom stereocenters. The van der Waals surface area contributed by atoms with Crippen LogP contribution < -0.4 is 10.9 Å². The lowest BCUT2D eigenvalue weighted by Crippen LogP contribution is -2.32. The van der Waals surface area contributed by atoms with Gasteiger partial charge in [0.25, 0.3) is 11.5 Å². The fourth-order valence-corrected chi connectivity index (χ4v) is 3.17. The van der Waals surface area contributed by atoms with E-state index in [0.717, 1.165) is 18.8 Å². The van der Waals surface area contributed by atoms with Gasteiger partial charge in [0.1, 0.15) is 11.2 Å². The predicted molar refractivity (Wildman–Crippen MR) is 85.0 cm³/mol. The van der Waals surface area contributed by atoms with E-state index in [0.29, 0.717) is 12.2 Å². The van der Waals surface area contributed by atoms with E-state index in [9.17, 15) is 9.59 Å². The summed E-state index contributed by atoms with van der Waals surface area (Å²) in [5.41, 5.74) is 0.328. The van der Waals surface area contributed by atoms with Crippen LogP contribution in [-0.2, 0) is 0 Å². The Balaban J connectivity index is 1.60. The number of carbonyl (C=O) groups is 1. The number of nitrogens with one attached hydrogen (secondary N) is 1. The Labute approximate surface area is 129 Å². The topological polar surface area (TPSA) is 63.5 Å². The molecule has 22 heavy (non-hydrogen) atoms. The van der Waals surface area contributed by atoms with E-state index < -0.39 is 0 Å². The van der Waals surface area contributed by atoms with E-state index in [1.165, 1.54) is 36.3 Å². The van der Waals surface area contributed by atoms with Crippen molar-refractivity contribution in [3.8, 4) is 0 Å². The van der Waals surface area contributed by atoms with Crippen molar-refractivity contribution in [2.45, 2.75) is 38.5 Å². The van der Waals surface area contributed by atoms with Crippen molar-refractivity contribution < 1.29 is 4.79 Å². The van der Waals surface area contributed by atoms with Gasteiger partial charge in [0, 0.05) is 18.9 Å². The fraction of sp³-hybridized carbons (Fsp3) is 0.471. The molecule has 2 aromatic rings. The van der Waals surface area contributed by atoms with Crippen molar-refractivity contribution in [3.63, 3.8) is 0 Å². The molecule has 1 aliphatic carbocycles. The zero-order valence-corrected chi connectivity index (χ0v) is 12.6. The molecule has 2 heterocycles. The molecular formula is C17H21N3O2. The highest BCUT2D eigenvalue weighted by Gasteiger charge is 2.15. The Hall–Kier alpha value is -2.17. The van der Waals surface area contributed by atoms with Crippen molar-refractivity contribution in [1.29, 1.82) is 0 Å². The molecule has 0 radical (unpaired) electrons. The van der Waals surface area contributed by atoms with Crippen LogP contribution in [0.25, 0.3) is 5.65 Å². The highest BCUT2D eigenvalue weighted by Crippen LogP contribution is 2.28. The van der Waals surface area contributed by atoms with E-state index in [1.807, 2.05) is 6.07 Å². The third-order valence-electron chi connectivity index (χ3n) is 4.41. The van der Waals surface area contributed by atoms with Crippen molar-refractivity contribution in [2.24, 2.45) is 5.92 Å². The highest BCUT2D eigenvalue weighted by atomic mass is 16.2. The van der Waals surface area contributed by atoms with Gasteiger partial charge in [-0.2, -0.15) is 0 Å². The minimum atomic E-state index is -0.331. The Morgan fingerprint density at radius 3 is 2.95 bits per heavy atom. The van der Waals surface area contributed by atoms with E-state index in [1.54, 1.807) is 18.3 Å². The maximum atomic E-state index is 12.3. The summed E-state index contributed by atoms with van der Waals surface area (Å²) in [5, 5.41) is 2.84. The second-order valence-corrected chi connectivity index (χ2v) is 5.95. The monoisotopic (exact) mass is 299 g/mol. The normalized spacial score (nSPS) is 15.3. The SMILES string of the molecule is O=C(NCCCC1CCCC1)c1cnc2ccccn2c1=O. The summed E-state index contributed by atoms with van der Waals surface area (Å²) in [6.07, 6.45) is 10.5. The number of carbonyl (C=O) groups excluding carboxylic acids is 1. The molecule has 0 saturated heterocycles. The first-order valence-electron chi connectivity index (χ1n) is 8.00. The first kappa shape index (κ1) is 14.8. The minimum Gasteiger partial charge on any atom is -0.352 e. The predicted octanol–water partition coefficient (Wildman–Crippen LogP) is 2.39. The molecule has 0 spiro atoms. The summed E-state index contributed by atoms with van der Waals surface area (Å²) < 4.78 is 1.40. The van der Waals surface area contributed by atoms with Gasteiger partial charge in [-0.15, -0.1) is 0 Å². The summed E-state index contributed by atoms with van der Waals surface area (Å²) in [7, 11) is 0. The third kappa shape index (κ3) is 3.18. The van der Waals surface area contributed by atoms with Crippen molar-refractivity contribution >= 4 is 11.6 Å². The molecule has 116 valence electrons. The first-order valence-corrected chi connectivity index (χ1v) is 8.00. The zero-order valence-electron chi connectivity index (χ0n) is 12.6. The van der Waals surface area contributed by atoms with Crippen LogP contribution in [0.1, 0.15) is 48.9 Å². The van der Waals surface area contributed by atoms with Crippen LogP contribution in [-0.4, -0.2) is 21.8 Å². The van der Waals surface area contributed by atoms with Gasteiger partial charge in [-0.05, 0) is 30.9 Å². The van der Waals surface area contributed by atoms with E-state index in [4.69, 9.17) is 0 Å². The summed E-state index contributed by atoms with van der Waals surface area (Å²) in [5.74, 6) is 0.493. The number of amides is 1. The third-order valence-corrected chi connectivity index (χ3v) is 4.41. The smallest absolute Gasteiger partial charge is 0.270 e. The van der Waals surface area contributed by atoms with Crippen LogP contribution in [0.4, 0.5) is 0 Å². The zero-order chi connectivity index (χ0) is 15.4. The van der Waals surface area contributed by atoms with E-state index in [-0.39, 0.29) is 17.0 Å². The molecule has 1 saturated carbocycles. The number of nitrogens with zero attached hydrogens (tertiary/aromatic N) is 2. The van der Waals surface area contributed by atoms with Gasteiger partial charge in [-0.1, -0.05) is 31.7 Å². The number of fused-ring (bicyclic) bond motifs is 1. The molecule has 0 unspecified atom stereocenters. The van der Waals surface area contributed by atoms with Gasteiger partial charge in [0.15, 0.2) is 0 Å². The maximum absolute atomic E-state index is 12.3. The van der Waals surface area contributed by atoms with Gasteiger partial charge in [-0.25, -0.2) is 4.98 Å². The maximum Gasteiger partial charge on any atom is 0.270 e. The minimum absolute atomic E-state index is 0.101. The molecule has 0 aromatic carbocycles. The first-order chi connectivity index (χ1) is 10.8. The van der Waals surface area contributed by atoms with Crippen LogP contribution in [0, 0.1) is 5.92 Å². The standard InChI is InChI=1S/C17H21N3O2/c21-16(18-10-5-8-13-6-1-2-7-13)14-12-19-15-9-3-4-11-20(15)17(14)22/h3-4,9,11-13H,1-2,5-8,10H2,(H,18,21). The van der Waals surface area contributed by atoms with Crippen LogP contribution in [0.5, 0.6) is 0 Å². The Kier molecular flexibility index (Phi) is 4.51. The van der Waals surface area contributed by atoms with Gasteiger partial charge in [-0.3, -0.25) is 14.0 Å². The fourth-order valence-electron chi connectivity index (χ4n) is 3.17. The Morgan fingerprint density at radius 2 is 2.14 bits per heavy atom. The molecule has 1 amide bonds. The van der Waals surface area contributed by atoms with Gasteiger partial charge >= 0.3 is 0 Å². The molecule has 1 N–H and O–H groups in total. The van der Waals surface area contributed by atoms with Gasteiger partial charge in [0.2, 0.25) is 0 Å². The Morgan fingerprint density at radius 1 is 1.32 bits per heavy atom. The van der Waals surface area contributed by atoms with Crippen molar-refractivity contribution in [2.75, 3.05) is 6.54 Å². The van der Waals surface area contributed by atoms with E-state index >= 15 is 0 Å². The molecule has 5 heteroatoms. The van der Waals surface area contributed by atoms with E-state index in [2.05, 4.69) is 10.3 Å². The summed E-state index contributed by atoms with van der Waals surface area (Å²) in [6.45, 7) is 0.617. The molecule has 5 nitrogen and oxygen atoms in total. The quantitative estimate of drug-likeness (QED) is 0.862. The summed E-state index contributed by atoms with van der Waals surface area (Å²) >= 11 is 0. The molecule has 1 aliphatic rings. The lowest BCUT2D eigenvalue weighted by atomic mass is 10.0. The number of rotatable bonds is 5. The lowest BCUT2D eigenvalue weighted by molar-refractivity contribution is 0.0950. The second-order valence-electron chi connectivity index (χ2n) is 5.95. The summed E-state index contributed by atoms with van der Waals surface area (Å²) in [4.78, 5) is 28.6. The largest absolute Gasteiger partial charge is 0.352 e. The molecule has 0 bridgehead atoms. The molecule has 1 fully saturated rings. The van der Waals surface area contributed by atoms with Crippen LogP contribution >= 0.6 is 0 Å². The summed E-state index contributed by atoms with van der Waals surface area (Å²) in [6, 6.07) is 5.30. The van der Waals surface area contributed by atoms with Crippen molar-refractivity contribution in [3.05, 3.63) is 46.5 Å². The number of hydrogen-bond acceptors (Lipinski definition) is 3. The molecule has 0 aliphatic heterocycles. The number of pyridine rings is 1. The average Bonchev–Trinajstić information content (AvgIpc) is 3.05. The van der Waals surface area contributed by atoms with Gasteiger partial charge in [0.05, 0.1) is 0 Å². The van der Waals surface area contributed by atoms with Gasteiger partial charge < -0.3 is 5.32 Å². The van der Waals surface area contributed by atoms with Crippen LogP contribution in [0.3, 0.4) is 0 Å². The van der Waals surface area contributed by atoms with Crippen LogP contribution in [0.2, 0.25) is 0 Å².